The fraction of sp³-hybridized carbons (Fsp3) is 0.438. The fourth-order valence-corrected chi connectivity index (χ4v) is 3.40. The van der Waals surface area contributed by atoms with Crippen LogP contribution in [0.25, 0.3) is 10.9 Å². The standard InChI is InChI=1S/C16H19BrN2O/c1-19(12-6-8-13(20)9-7-12)15-10-5-11-3-2-4-14(17)16(11)18-15/h2-5,10,12-13,20H,6-9H2,1H3. The van der Waals surface area contributed by atoms with Crippen molar-refractivity contribution in [1.29, 1.82) is 0 Å². The predicted molar refractivity (Wildman–Crippen MR) is 86.1 cm³/mol. The topological polar surface area (TPSA) is 36.4 Å². The molecule has 1 aromatic heterocycles. The number of pyridine rings is 1. The Morgan fingerprint density at radius 1 is 1.15 bits per heavy atom. The van der Waals surface area contributed by atoms with E-state index < -0.39 is 0 Å². The van der Waals surface area contributed by atoms with Gasteiger partial charge < -0.3 is 10.0 Å². The number of aliphatic hydroxyl groups excluding tert-OH is 1. The van der Waals surface area contributed by atoms with Crippen LogP contribution >= 0.6 is 15.9 Å². The van der Waals surface area contributed by atoms with E-state index in [0.717, 1.165) is 46.9 Å². The maximum absolute atomic E-state index is 9.62. The van der Waals surface area contributed by atoms with E-state index in [-0.39, 0.29) is 6.10 Å². The summed E-state index contributed by atoms with van der Waals surface area (Å²) in [6, 6.07) is 10.8. The van der Waals surface area contributed by atoms with Gasteiger partial charge in [0.2, 0.25) is 0 Å². The second-order valence-corrected chi connectivity index (χ2v) is 6.41. The third-order valence-corrected chi connectivity index (χ3v) is 4.87. The van der Waals surface area contributed by atoms with Crippen molar-refractivity contribution in [3.63, 3.8) is 0 Å². The van der Waals surface area contributed by atoms with E-state index >= 15 is 0 Å². The van der Waals surface area contributed by atoms with E-state index in [2.05, 4.69) is 46.1 Å². The zero-order valence-corrected chi connectivity index (χ0v) is 13.2. The van der Waals surface area contributed by atoms with E-state index in [0.29, 0.717) is 6.04 Å². The summed E-state index contributed by atoms with van der Waals surface area (Å²) in [7, 11) is 2.10. The number of hydrogen-bond donors (Lipinski definition) is 1. The number of aromatic nitrogens is 1. The lowest BCUT2D eigenvalue weighted by atomic mass is 9.92. The molecule has 0 aliphatic heterocycles. The Hall–Kier alpha value is -1.13. The molecule has 106 valence electrons. The summed E-state index contributed by atoms with van der Waals surface area (Å²) in [6.45, 7) is 0. The van der Waals surface area contributed by atoms with Crippen LogP contribution in [0.15, 0.2) is 34.8 Å². The van der Waals surface area contributed by atoms with E-state index in [1.54, 1.807) is 0 Å². The van der Waals surface area contributed by atoms with Gasteiger partial charge in [-0.05, 0) is 59.8 Å². The highest BCUT2D eigenvalue weighted by atomic mass is 79.9. The molecule has 1 heterocycles. The minimum absolute atomic E-state index is 0.113. The SMILES string of the molecule is CN(c1ccc2cccc(Br)c2n1)C1CCC(O)CC1. The van der Waals surface area contributed by atoms with Gasteiger partial charge in [-0.15, -0.1) is 0 Å². The van der Waals surface area contributed by atoms with E-state index in [1.807, 2.05) is 12.1 Å². The van der Waals surface area contributed by atoms with E-state index in [1.165, 1.54) is 0 Å². The number of nitrogens with zero attached hydrogens (tertiary/aromatic N) is 2. The van der Waals surface area contributed by atoms with Crippen LogP contribution in [0.3, 0.4) is 0 Å². The van der Waals surface area contributed by atoms with Crippen LogP contribution in [0.2, 0.25) is 0 Å². The first-order valence-corrected chi connectivity index (χ1v) is 7.90. The Balaban J connectivity index is 1.88. The molecule has 0 radical (unpaired) electrons. The first kappa shape index (κ1) is 13.8. The molecule has 0 saturated heterocycles. The molecule has 0 amide bonds. The second kappa shape index (κ2) is 5.70. The lowest BCUT2D eigenvalue weighted by Crippen LogP contribution is -2.36. The third kappa shape index (κ3) is 2.67. The minimum Gasteiger partial charge on any atom is -0.393 e. The van der Waals surface area contributed by atoms with Gasteiger partial charge in [-0.25, -0.2) is 4.98 Å². The molecule has 1 N–H and O–H groups in total. The van der Waals surface area contributed by atoms with Gasteiger partial charge in [-0.3, -0.25) is 0 Å². The number of fused-ring (bicyclic) bond motifs is 1. The number of aliphatic hydroxyl groups is 1. The van der Waals surface area contributed by atoms with Crippen LogP contribution in [0.4, 0.5) is 5.82 Å². The molecule has 0 spiro atoms. The number of rotatable bonds is 2. The lowest BCUT2D eigenvalue weighted by molar-refractivity contribution is 0.122. The summed E-state index contributed by atoms with van der Waals surface area (Å²) in [4.78, 5) is 7.04. The molecule has 1 aliphatic carbocycles. The maximum atomic E-state index is 9.62. The van der Waals surface area contributed by atoms with Crippen molar-refractivity contribution in [3.8, 4) is 0 Å². The van der Waals surface area contributed by atoms with Crippen molar-refractivity contribution < 1.29 is 5.11 Å². The molecular formula is C16H19BrN2O. The molecule has 20 heavy (non-hydrogen) atoms. The Morgan fingerprint density at radius 2 is 1.90 bits per heavy atom. The normalized spacial score (nSPS) is 22.9. The Morgan fingerprint density at radius 3 is 2.65 bits per heavy atom. The average Bonchev–Trinajstić information content (AvgIpc) is 2.47. The minimum atomic E-state index is -0.113. The molecule has 3 rings (SSSR count). The molecule has 0 bridgehead atoms. The summed E-state index contributed by atoms with van der Waals surface area (Å²) in [5.74, 6) is 1.01. The van der Waals surface area contributed by atoms with Crippen LogP contribution in [-0.2, 0) is 0 Å². The highest BCUT2D eigenvalue weighted by molar-refractivity contribution is 9.10. The van der Waals surface area contributed by atoms with Gasteiger partial charge in [0.25, 0.3) is 0 Å². The van der Waals surface area contributed by atoms with Crippen LogP contribution in [0.5, 0.6) is 0 Å². The van der Waals surface area contributed by atoms with Crippen LogP contribution in [-0.4, -0.2) is 29.3 Å². The van der Waals surface area contributed by atoms with Gasteiger partial charge in [-0.2, -0.15) is 0 Å². The smallest absolute Gasteiger partial charge is 0.129 e. The molecule has 3 nitrogen and oxygen atoms in total. The predicted octanol–water partition coefficient (Wildman–Crippen LogP) is 3.74. The summed E-state index contributed by atoms with van der Waals surface area (Å²) in [6.07, 6.45) is 3.75. The summed E-state index contributed by atoms with van der Waals surface area (Å²) in [5.41, 5.74) is 1.01. The zero-order chi connectivity index (χ0) is 14.1. The third-order valence-electron chi connectivity index (χ3n) is 4.23. The van der Waals surface area contributed by atoms with Crippen LogP contribution in [0.1, 0.15) is 25.7 Å². The Labute approximate surface area is 127 Å². The van der Waals surface area contributed by atoms with Crippen molar-refractivity contribution in [2.24, 2.45) is 0 Å². The van der Waals surface area contributed by atoms with Crippen molar-refractivity contribution in [2.45, 2.75) is 37.8 Å². The maximum Gasteiger partial charge on any atom is 0.129 e. The van der Waals surface area contributed by atoms with Gasteiger partial charge in [0.15, 0.2) is 0 Å². The quantitative estimate of drug-likeness (QED) is 0.908. The molecule has 1 fully saturated rings. The Bertz CT molecular complexity index is 608. The molecule has 0 unspecified atom stereocenters. The second-order valence-electron chi connectivity index (χ2n) is 5.55. The van der Waals surface area contributed by atoms with Crippen molar-refractivity contribution >= 4 is 32.7 Å². The first-order chi connectivity index (χ1) is 9.65. The summed E-state index contributed by atoms with van der Waals surface area (Å²) in [5, 5.41) is 10.8. The van der Waals surface area contributed by atoms with E-state index in [4.69, 9.17) is 4.98 Å². The van der Waals surface area contributed by atoms with Gasteiger partial charge in [0.05, 0.1) is 11.6 Å². The first-order valence-electron chi connectivity index (χ1n) is 7.11. The van der Waals surface area contributed by atoms with Gasteiger partial charge in [-0.1, -0.05) is 12.1 Å². The van der Waals surface area contributed by atoms with Gasteiger partial charge >= 0.3 is 0 Å². The molecule has 4 heteroatoms. The number of anilines is 1. The number of halogens is 1. The summed E-state index contributed by atoms with van der Waals surface area (Å²) >= 11 is 3.57. The highest BCUT2D eigenvalue weighted by Crippen LogP contribution is 2.28. The van der Waals surface area contributed by atoms with Gasteiger partial charge in [0.1, 0.15) is 5.82 Å². The number of hydrogen-bond acceptors (Lipinski definition) is 3. The summed E-state index contributed by atoms with van der Waals surface area (Å²) < 4.78 is 1.03. The molecule has 1 saturated carbocycles. The lowest BCUT2D eigenvalue weighted by Gasteiger charge is -2.34. The van der Waals surface area contributed by atoms with E-state index in [9.17, 15) is 5.11 Å². The molecule has 1 aliphatic rings. The van der Waals surface area contributed by atoms with Crippen molar-refractivity contribution in [3.05, 3.63) is 34.8 Å². The zero-order valence-electron chi connectivity index (χ0n) is 11.6. The molecule has 0 atom stereocenters. The largest absolute Gasteiger partial charge is 0.393 e. The van der Waals surface area contributed by atoms with Crippen LogP contribution in [0, 0.1) is 0 Å². The molecule has 2 aromatic rings. The molecule has 1 aromatic carbocycles. The number of para-hydroxylation sites is 1. The highest BCUT2D eigenvalue weighted by Gasteiger charge is 2.23. The van der Waals surface area contributed by atoms with Gasteiger partial charge in [0, 0.05) is 22.9 Å². The van der Waals surface area contributed by atoms with Crippen molar-refractivity contribution in [2.75, 3.05) is 11.9 Å². The fourth-order valence-electron chi connectivity index (χ4n) is 2.93. The van der Waals surface area contributed by atoms with Crippen LogP contribution < -0.4 is 4.90 Å². The molecular weight excluding hydrogens is 316 g/mol. The number of benzene rings is 1. The Kier molecular flexibility index (Phi) is 3.94. The monoisotopic (exact) mass is 334 g/mol. The van der Waals surface area contributed by atoms with Crippen molar-refractivity contribution in [1.82, 2.24) is 4.98 Å². The average molecular weight is 335 g/mol.